The molecule has 4 aromatic rings. The molecule has 170 valence electrons. The summed E-state index contributed by atoms with van der Waals surface area (Å²) >= 11 is 0. The van der Waals surface area contributed by atoms with Crippen molar-refractivity contribution in [2.24, 2.45) is 0 Å². The number of aryl methyl sites for hydroxylation is 1. The van der Waals surface area contributed by atoms with Gasteiger partial charge in [0.25, 0.3) is 10.0 Å². The summed E-state index contributed by atoms with van der Waals surface area (Å²) < 4.78 is 61.1. The van der Waals surface area contributed by atoms with Gasteiger partial charge in [0.15, 0.2) is 5.82 Å². The third-order valence-corrected chi connectivity index (χ3v) is 6.33. The van der Waals surface area contributed by atoms with Crippen LogP contribution in [0, 0.1) is 32.4 Å². The van der Waals surface area contributed by atoms with E-state index in [1.165, 1.54) is 24.3 Å². The first-order valence-electron chi connectivity index (χ1n) is 9.76. The number of ether oxygens (including phenoxy) is 1. The van der Waals surface area contributed by atoms with Crippen LogP contribution in [0.15, 0.2) is 59.5 Å². The van der Waals surface area contributed by atoms with Crippen LogP contribution < -0.4 is 9.46 Å². The van der Waals surface area contributed by atoms with Gasteiger partial charge in [0.2, 0.25) is 5.88 Å². The molecule has 8 nitrogen and oxygen atoms in total. The number of benzene rings is 2. The van der Waals surface area contributed by atoms with E-state index < -0.39 is 26.6 Å². The lowest BCUT2D eigenvalue weighted by atomic mass is 10.2. The Labute approximate surface area is 188 Å². The Kier molecular flexibility index (Phi) is 5.81. The van der Waals surface area contributed by atoms with Crippen LogP contribution in [0.1, 0.15) is 17.0 Å². The minimum Gasteiger partial charge on any atom is -0.438 e. The van der Waals surface area contributed by atoms with E-state index in [2.05, 4.69) is 20.0 Å². The second-order valence-corrected chi connectivity index (χ2v) is 8.96. The first kappa shape index (κ1) is 22.3. The molecule has 2 aromatic heterocycles. The Hall–Kier alpha value is -3.86. The fraction of sp³-hybridized carbons (Fsp3) is 0.136. The van der Waals surface area contributed by atoms with Crippen LogP contribution in [0.3, 0.4) is 0 Å². The van der Waals surface area contributed by atoms with E-state index in [4.69, 9.17) is 4.74 Å². The quantitative estimate of drug-likeness (QED) is 0.446. The molecular weight excluding hydrogens is 452 g/mol. The van der Waals surface area contributed by atoms with Crippen molar-refractivity contribution in [1.29, 1.82) is 0 Å². The van der Waals surface area contributed by atoms with Gasteiger partial charge in [0.05, 0.1) is 10.6 Å². The van der Waals surface area contributed by atoms with Crippen molar-refractivity contribution < 1.29 is 21.9 Å². The number of nitrogens with one attached hydrogen (secondary N) is 1. The third-order valence-electron chi connectivity index (χ3n) is 4.97. The number of hydrogen-bond acceptors (Lipinski definition) is 6. The minimum absolute atomic E-state index is 0.188. The van der Waals surface area contributed by atoms with Gasteiger partial charge in [-0.15, -0.1) is 10.2 Å². The number of anilines is 1. The molecule has 33 heavy (non-hydrogen) atoms. The second-order valence-electron chi connectivity index (χ2n) is 7.27. The van der Waals surface area contributed by atoms with Gasteiger partial charge in [-0.25, -0.2) is 21.9 Å². The van der Waals surface area contributed by atoms with Gasteiger partial charge >= 0.3 is 0 Å². The highest BCUT2D eigenvalue weighted by Crippen LogP contribution is 2.24. The Bertz CT molecular complexity index is 1400. The predicted molar refractivity (Wildman–Crippen MR) is 117 cm³/mol. The average Bonchev–Trinajstić information content (AvgIpc) is 3.02. The van der Waals surface area contributed by atoms with Crippen LogP contribution in [-0.4, -0.2) is 28.4 Å². The summed E-state index contributed by atoms with van der Waals surface area (Å²) in [6.45, 7) is 5.85. The minimum atomic E-state index is -4.17. The summed E-state index contributed by atoms with van der Waals surface area (Å²) in [5.74, 6) is -0.799. The Morgan fingerprint density at radius 1 is 0.909 bits per heavy atom. The maximum atomic E-state index is 13.4. The molecule has 11 heteroatoms. The summed E-state index contributed by atoms with van der Waals surface area (Å²) in [5, 5.41) is 12.6. The van der Waals surface area contributed by atoms with E-state index in [0.29, 0.717) is 17.6 Å². The van der Waals surface area contributed by atoms with Gasteiger partial charge in [-0.1, -0.05) is 0 Å². The molecule has 0 aliphatic carbocycles. The first-order valence-corrected chi connectivity index (χ1v) is 11.2. The first-order chi connectivity index (χ1) is 15.6. The van der Waals surface area contributed by atoms with Crippen molar-refractivity contribution >= 4 is 15.7 Å². The number of aromatic nitrogens is 4. The Morgan fingerprint density at radius 2 is 1.58 bits per heavy atom. The molecule has 0 bridgehead atoms. The summed E-state index contributed by atoms with van der Waals surface area (Å²) in [7, 11) is -4.17. The zero-order valence-electron chi connectivity index (χ0n) is 17.9. The highest BCUT2D eigenvalue weighted by Gasteiger charge is 2.17. The van der Waals surface area contributed by atoms with Crippen LogP contribution >= 0.6 is 0 Å². The molecule has 0 radical (unpaired) electrons. The maximum absolute atomic E-state index is 13.4. The maximum Gasteiger partial charge on any atom is 0.262 e. The molecule has 0 saturated heterocycles. The number of halogens is 2. The van der Waals surface area contributed by atoms with Gasteiger partial charge in [0.1, 0.15) is 17.4 Å². The van der Waals surface area contributed by atoms with Crippen molar-refractivity contribution in [2.75, 3.05) is 4.72 Å². The van der Waals surface area contributed by atoms with Crippen molar-refractivity contribution in [1.82, 2.24) is 20.0 Å². The summed E-state index contributed by atoms with van der Waals surface area (Å²) in [4.78, 5) is -0.520. The fourth-order valence-corrected chi connectivity index (χ4v) is 4.13. The SMILES string of the molecule is Cc1nn(-c2ccc(Oc3ccc(NS(=O)(=O)c4cc(F)cc(F)c4)cc3)nn2)c(C)c1C. The van der Waals surface area contributed by atoms with E-state index >= 15 is 0 Å². The summed E-state index contributed by atoms with van der Waals surface area (Å²) in [6, 6.07) is 11.4. The molecule has 0 spiro atoms. The molecule has 0 unspecified atom stereocenters. The van der Waals surface area contributed by atoms with Crippen molar-refractivity contribution in [3.8, 4) is 17.4 Å². The molecule has 0 fully saturated rings. The standard InChI is InChI=1S/C22H19F2N5O3S/c1-13-14(2)27-29(15(13)3)21-8-9-22(26-25-21)32-19-6-4-18(5-7-19)28-33(30,31)20-11-16(23)10-17(24)12-20/h4-12,28H,1-3H3. The smallest absolute Gasteiger partial charge is 0.262 e. The number of nitrogens with zero attached hydrogens (tertiary/aromatic N) is 4. The molecule has 0 aliphatic rings. The van der Waals surface area contributed by atoms with Gasteiger partial charge in [0, 0.05) is 23.5 Å². The van der Waals surface area contributed by atoms with E-state index in [1.54, 1.807) is 16.8 Å². The number of sulfonamides is 1. The van der Waals surface area contributed by atoms with E-state index in [9.17, 15) is 17.2 Å². The predicted octanol–water partition coefficient (Wildman–Crippen LogP) is 4.46. The molecule has 0 saturated carbocycles. The molecule has 0 amide bonds. The summed E-state index contributed by atoms with van der Waals surface area (Å²) in [5.41, 5.74) is 3.14. The lowest BCUT2D eigenvalue weighted by Crippen LogP contribution is -2.13. The topological polar surface area (TPSA) is 99.0 Å². The van der Waals surface area contributed by atoms with Crippen LogP contribution in [-0.2, 0) is 10.0 Å². The van der Waals surface area contributed by atoms with Crippen LogP contribution in [0.4, 0.5) is 14.5 Å². The van der Waals surface area contributed by atoms with Crippen molar-refractivity contribution in [3.63, 3.8) is 0 Å². The molecule has 0 atom stereocenters. The number of hydrogen-bond donors (Lipinski definition) is 1. The van der Waals surface area contributed by atoms with Gasteiger partial charge < -0.3 is 4.74 Å². The van der Waals surface area contributed by atoms with Crippen LogP contribution in [0.25, 0.3) is 5.82 Å². The largest absolute Gasteiger partial charge is 0.438 e. The Morgan fingerprint density at radius 3 is 2.12 bits per heavy atom. The van der Waals surface area contributed by atoms with Crippen molar-refractivity contribution in [2.45, 2.75) is 25.7 Å². The fourth-order valence-electron chi connectivity index (χ4n) is 3.03. The van der Waals surface area contributed by atoms with Crippen LogP contribution in [0.5, 0.6) is 11.6 Å². The second kappa shape index (κ2) is 8.58. The molecule has 0 aliphatic heterocycles. The van der Waals surface area contributed by atoms with E-state index in [-0.39, 0.29) is 11.6 Å². The normalized spacial score (nSPS) is 11.4. The highest BCUT2D eigenvalue weighted by molar-refractivity contribution is 7.92. The zero-order valence-corrected chi connectivity index (χ0v) is 18.7. The van der Waals surface area contributed by atoms with E-state index in [0.717, 1.165) is 29.1 Å². The zero-order chi connectivity index (χ0) is 23.8. The number of rotatable bonds is 6. The highest BCUT2D eigenvalue weighted by atomic mass is 32.2. The lowest BCUT2D eigenvalue weighted by Gasteiger charge is -2.10. The molecule has 2 heterocycles. The molecular formula is C22H19F2N5O3S. The van der Waals surface area contributed by atoms with E-state index in [1.807, 2.05) is 20.8 Å². The molecule has 4 rings (SSSR count). The monoisotopic (exact) mass is 471 g/mol. The van der Waals surface area contributed by atoms with Crippen LogP contribution in [0.2, 0.25) is 0 Å². The molecule has 2 aromatic carbocycles. The summed E-state index contributed by atoms with van der Waals surface area (Å²) in [6.07, 6.45) is 0. The average molecular weight is 471 g/mol. The van der Waals surface area contributed by atoms with Crippen molar-refractivity contribution in [3.05, 3.63) is 83.2 Å². The lowest BCUT2D eigenvalue weighted by molar-refractivity contribution is 0.454. The third kappa shape index (κ3) is 4.82. The van der Waals surface area contributed by atoms with Gasteiger partial charge in [-0.2, -0.15) is 5.10 Å². The van der Waals surface area contributed by atoms with Gasteiger partial charge in [-0.3, -0.25) is 4.72 Å². The molecule has 1 N–H and O–H groups in total. The Balaban J connectivity index is 1.46. The van der Waals surface area contributed by atoms with Gasteiger partial charge in [-0.05, 0) is 68.8 Å².